The molecule has 142 valence electrons. The lowest BCUT2D eigenvalue weighted by Crippen LogP contribution is -2.23. The van der Waals surface area contributed by atoms with Gasteiger partial charge in [0.05, 0.1) is 10.5 Å². The van der Waals surface area contributed by atoms with Crippen molar-refractivity contribution in [3.8, 4) is 0 Å². The highest BCUT2D eigenvalue weighted by molar-refractivity contribution is 7.91. The van der Waals surface area contributed by atoms with Crippen molar-refractivity contribution < 1.29 is 13.2 Å². The largest absolute Gasteiger partial charge is 0.348 e. The van der Waals surface area contributed by atoms with Gasteiger partial charge in [-0.15, -0.1) is 0 Å². The molecule has 0 fully saturated rings. The van der Waals surface area contributed by atoms with E-state index in [0.29, 0.717) is 11.3 Å². The minimum absolute atomic E-state index is 0.00144. The van der Waals surface area contributed by atoms with Crippen molar-refractivity contribution in [1.29, 1.82) is 0 Å². The number of sulfone groups is 1. The van der Waals surface area contributed by atoms with Crippen LogP contribution in [0.25, 0.3) is 5.78 Å². The molecule has 0 aliphatic heterocycles. The van der Waals surface area contributed by atoms with Crippen molar-refractivity contribution in [2.75, 3.05) is 0 Å². The molecule has 0 saturated carbocycles. The summed E-state index contributed by atoms with van der Waals surface area (Å²) >= 11 is 0. The van der Waals surface area contributed by atoms with Gasteiger partial charge in [0.2, 0.25) is 15.6 Å². The first-order valence-electron chi connectivity index (χ1n) is 8.34. The van der Waals surface area contributed by atoms with Crippen LogP contribution in [0.5, 0.6) is 0 Å². The predicted molar refractivity (Wildman–Crippen MR) is 99.3 cm³/mol. The van der Waals surface area contributed by atoms with Crippen molar-refractivity contribution >= 4 is 21.5 Å². The number of carbonyl (C=O) groups is 1. The average molecular weight is 396 g/mol. The summed E-state index contributed by atoms with van der Waals surface area (Å²) in [4.78, 5) is 20.6. The summed E-state index contributed by atoms with van der Waals surface area (Å²) in [5.74, 6) is 0.231. The van der Waals surface area contributed by atoms with E-state index in [1.165, 1.54) is 29.1 Å². The second-order valence-electron chi connectivity index (χ2n) is 6.13. The maximum Gasteiger partial charge on any atom is 0.254 e. The zero-order valence-electron chi connectivity index (χ0n) is 14.8. The summed E-state index contributed by atoms with van der Waals surface area (Å²) < 4.78 is 28.2. The van der Waals surface area contributed by atoms with Crippen LogP contribution in [0.1, 0.15) is 15.9 Å². The Morgan fingerprint density at radius 2 is 1.89 bits per heavy atom. The number of aryl methyl sites for hydroxylation is 1. The Labute approximate surface area is 160 Å². The highest BCUT2D eigenvalue weighted by Crippen LogP contribution is 2.19. The van der Waals surface area contributed by atoms with Gasteiger partial charge in [-0.25, -0.2) is 18.4 Å². The van der Waals surface area contributed by atoms with E-state index in [1.807, 2.05) is 0 Å². The second-order valence-corrected chi connectivity index (χ2v) is 8.03. The molecule has 0 aliphatic carbocycles. The van der Waals surface area contributed by atoms with E-state index in [-0.39, 0.29) is 22.4 Å². The Balaban J connectivity index is 1.45. The molecule has 0 unspecified atom stereocenters. The van der Waals surface area contributed by atoms with Gasteiger partial charge in [0.25, 0.3) is 5.91 Å². The Kier molecular flexibility index (Phi) is 4.40. The number of nitrogens with one attached hydrogen (secondary N) is 1. The van der Waals surface area contributed by atoms with E-state index >= 15 is 0 Å². The minimum Gasteiger partial charge on any atom is -0.348 e. The summed E-state index contributed by atoms with van der Waals surface area (Å²) in [5, 5.41) is 6.74. The summed E-state index contributed by atoms with van der Waals surface area (Å²) in [6.45, 7) is 0.255. The Bertz CT molecular complexity index is 1260. The number of benzene rings is 1. The van der Waals surface area contributed by atoms with Crippen molar-refractivity contribution in [3.05, 3.63) is 72.4 Å². The topological polar surface area (TPSA) is 111 Å². The molecule has 3 heterocycles. The van der Waals surface area contributed by atoms with Gasteiger partial charge in [0, 0.05) is 44.6 Å². The number of hydrogen-bond donors (Lipinski definition) is 1. The highest BCUT2D eigenvalue weighted by atomic mass is 32.2. The number of carbonyl (C=O) groups excluding carboxylic acids is 1. The van der Waals surface area contributed by atoms with Crippen LogP contribution in [0.15, 0.2) is 71.2 Å². The van der Waals surface area contributed by atoms with Crippen LogP contribution in [0.4, 0.5) is 0 Å². The van der Waals surface area contributed by atoms with Crippen LogP contribution in [0.3, 0.4) is 0 Å². The molecule has 0 spiro atoms. The highest BCUT2D eigenvalue weighted by Gasteiger charge is 2.20. The quantitative estimate of drug-likeness (QED) is 0.543. The van der Waals surface area contributed by atoms with Crippen LogP contribution in [0.2, 0.25) is 0 Å². The molecule has 28 heavy (non-hydrogen) atoms. The van der Waals surface area contributed by atoms with Crippen LogP contribution >= 0.6 is 0 Å². The van der Waals surface area contributed by atoms with E-state index < -0.39 is 9.84 Å². The molecule has 0 aliphatic rings. The van der Waals surface area contributed by atoms with Gasteiger partial charge in [-0.1, -0.05) is 12.1 Å². The van der Waals surface area contributed by atoms with Crippen molar-refractivity contribution in [2.24, 2.45) is 7.05 Å². The fourth-order valence-electron chi connectivity index (χ4n) is 2.66. The number of rotatable bonds is 5. The molecule has 1 aromatic carbocycles. The number of fused-ring (bicyclic) bond motifs is 1. The average Bonchev–Trinajstić information content (AvgIpc) is 3.34. The standard InChI is InChI=1S/C18H16N6O3S/c1-23-8-6-16(22-23)28(26,27)15-4-2-13(3-5-15)10-20-17(25)14-11-21-18-19-7-9-24(18)12-14/h2-9,11-12H,10H2,1H3,(H,20,25). The lowest BCUT2D eigenvalue weighted by Gasteiger charge is -2.07. The molecule has 0 radical (unpaired) electrons. The summed E-state index contributed by atoms with van der Waals surface area (Å²) in [6, 6.07) is 7.78. The SMILES string of the molecule is Cn1ccc(S(=O)(=O)c2ccc(CNC(=O)c3cnc4nccn4c3)cc2)n1. The Morgan fingerprint density at radius 1 is 1.11 bits per heavy atom. The maximum absolute atomic E-state index is 12.5. The van der Waals surface area contributed by atoms with E-state index in [2.05, 4.69) is 20.4 Å². The molecule has 0 saturated heterocycles. The molecular formula is C18H16N6O3S. The molecule has 0 bridgehead atoms. The van der Waals surface area contributed by atoms with Crippen molar-refractivity contribution in [1.82, 2.24) is 29.5 Å². The van der Waals surface area contributed by atoms with Gasteiger partial charge in [-0.2, -0.15) is 5.10 Å². The number of aromatic nitrogens is 5. The maximum atomic E-state index is 12.5. The smallest absolute Gasteiger partial charge is 0.254 e. The molecular weight excluding hydrogens is 380 g/mol. The Morgan fingerprint density at radius 3 is 2.61 bits per heavy atom. The third-order valence-corrected chi connectivity index (χ3v) is 5.82. The van der Waals surface area contributed by atoms with Crippen LogP contribution in [-0.2, 0) is 23.4 Å². The summed E-state index contributed by atoms with van der Waals surface area (Å²) in [7, 11) is -2.00. The fourth-order valence-corrected chi connectivity index (χ4v) is 3.87. The fraction of sp³-hybridized carbons (Fsp3) is 0.111. The lowest BCUT2D eigenvalue weighted by atomic mass is 10.2. The molecule has 1 amide bonds. The summed E-state index contributed by atoms with van der Waals surface area (Å²) in [6.07, 6.45) is 7.99. The first-order valence-corrected chi connectivity index (χ1v) is 9.82. The van der Waals surface area contributed by atoms with Crippen LogP contribution < -0.4 is 5.32 Å². The zero-order valence-corrected chi connectivity index (χ0v) is 15.7. The van der Waals surface area contributed by atoms with Gasteiger partial charge in [0.1, 0.15) is 0 Å². The predicted octanol–water partition coefficient (Wildman–Crippen LogP) is 1.23. The number of amides is 1. The zero-order chi connectivity index (χ0) is 19.7. The van der Waals surface area contributed by atoms with Gasteiger partial charge in [-0.3, -0.25) is 13.9 Å². The minimum atomic E-state index is -3.66. The third kappa shape index (κ3) is 3.37. The molecule has 4 rings (SSSR count). The monoisotopic (exact) mass is 396 g/mol. The molecule has 4 aromatic rings. The van der Waals surface area contributed by atoms with E-state index in [0.717, 1.165) is 5.56 Å². The van der Waals surface area contributed by atoms with Gasteiger partial charge in [-0.05, 0) is 23.8 Å². The van der Waals surface area contributed by atoms with Gasteiger partial charge < -0.3 is 5.32 Å². The first-order chi connectivity index (χ1) is 13.4. The molecule has 1 N–H and O–H groups in total. The second kappa shape index (κ2) is 6.89. The van der Waals surface area contributed by atoms with Crippen molar-refractivity contribution in [2.45, 2.75) is 16.5 Å². The molecule has 0 atom stereocenters. The normalized spacial score (nSPS) is 11.6. The number of imidazole rings is 1. The van der Waals surface area contributed by atoms with Crippen molar-refractivity contribution in [3.63, 3.8) is 0 Å². The van der Waals surface area contributed by atoms with E-state index in [1.54, 1.807) is 48.4 Å². The number of nitrogens with zero attached hydrogens (tertiary/aromatic N) is 5. The molecule has 3 aromatic heterocycles. The van der Waals surface area contributed by atoms with E-state index in [9.17, 15) is 13.2 Å². The molecule has 9 nitrogen and oxygen atoms in total. The first kappa shape index (κ1) is 17.9. The summed E-state index contributed by atoms with van der Waals surface area (Å²) in [5.41, 5.74) is 1.17. The van der Waals surface area contributed by atoms with E-state index in [4.69, 9.17) is 0 Å². The third-order valence-electron chi connectivity index (χ3n) is 4.16. The van der Waals surface area contributed by atoms with Gasteiger partial charge >= 0.3 is 0 Å². The Hall–Kier alpha value is -3.53. The lowest BCUT2D eigenvalue weighted by molar-refractivity contribution is 0.0950. The van der Waals surface area contributed by atoms with Crippen LogP contribution in [0, 0.1) is 0 Å². The molecule has 10 heteroatoms. The van der Waals surface area contributed by atoms with Crippen LogP contribution in [-0.4, -0.2) is 38.5 Å². The van der Waals surface area contributed by atoms with Gasteiger partial charge in [0.15, 0.2) is 5.03 Å². The number of hydrogen-bond acceptors (Lipinski definition) is 6.